The summed E-state index contributed by atoms with van der Waals surface area (Å²) in [6.07, 6.45) is 3.51. The molecule has 1 aliphatic heterocycles. The van der Waals surface area contributed by atoms with Crippen molar-refractivity contribution in [3.05, 3.63) is 71.8 Å². The SMILES string of the molecule is Cc1cccc2cc([C@H](C)Nc3c(F)cnc4ccccc34)nc(OC3CCN(S(C)(=O)=O)CC3)c12. The van der Waals surface area contributed by atoms with Crippen LogP contribution in [-0.2, 0) is 10.0 Å². The van der Waals surface area contributed by atoms with Crippen LogP contribution in [-0.4, -0.2) is 48.1 Å². The molecule has 36 heavy (non-hydrogen) atoms. The molecule has 0 saturated carbocycles. The average molecular weight is 509 g/mol. The molecule has 1 atom stereocenters. The molecule has 1 fully saturated rings. The van der Waals surface area contributed by atoms with E-state index in [9.17, 15) is 12.8 Å². The molecule has 188 valence electrons. The van der Waals surface area contributed by atoms with Gasteiger partial charge in [-0.1, -0.05) is 36.4 Å². The van der Waals surface area contributed by atoms with Crippen LogP contribution in [0.5, 0.6) is 5.88 Å². The van der Waals surface area contributed by atoms with Crippen molar-refractivity contribution in [2.45, 2.75) is 38.8 Å². The van der Waals surface area contributed by atoms with E-state index in [1.54, 1.807) is 0 Å². The number of hydrogen-bond donors (Lipinski definition) is 1. The number of fused-ring (bicyclic) bond motifs is 2. The van der Waals surface area contributed by atoms with Gasteiger partial charge in [0, 0.05) is 23.9 Å². The monoisotopic (exact) mass is 508 g/mol. The number of rotatable bonds is 6. The van der Waals surface area contributed by atoms with E-state index in [-0.39, 0.29) is 12.1 Å². The molecule has 1 N–H and O–H groups in total. The van der Waals surface area contributed by atoms with E-state index in [1.807, 2.05) is 62.4 Å². The first-order valence-corrected chi connectivity index (χ1v) is 13.9. The van der Waals surface area contributed by atoms with Gasteiger partial charge in [0.1, 0.15) is 6.10 Å². The summed E-state index contributed by atoms with van der Waals surface area (Å²) in [4.78, 5) is 9.05. The fourth-order valence-corrected chi connectivity index (χ4v) is 5.64. The number of pyridine rings is 2. The van der Waals surface area contributed by atoms with Gasteiger partial charge in [-0.05, 0) is 49.8 Å². The Morgan fingerprint density at radius 2 is 1.89 bits per heavy atom. The molecule has 1 saturated heterocycles. The molecule has 2 aromatic heterocycles. The maximum atomic E-state index is 14.8. The Bertz CT molecular complexity index is 1540. The number of sulfonamides is 1. The van der Waals surface area contributed by atoms with E-state index in [1.165, 1.54) is 16.8 Å². The summed E-state index contributed by atoms with van der Waals surface area (Å²) in [5.74, 6) is 0.0957. The van der Waals surface area contributed by atoms with Gasteiger partial charge < -0.3 is 10.1 Å². The minimum atomic E-state index is -3.21. The van der Waals surface area contributed by atoms with Crippen LogP contribution in [0, 0.1) is 12.7 Å². The Kier molecular flexibility index (Phi) is 6.53. The third-order valence-corrected chi connectivity index (χ3v) is 8.04. The minimum absolute atomic E-state index is 0.140. The maximum absolute atomic E-state index is 14.8. The highest BCUT2D eigenvalue weighted by atomic mass is 32.2. The van der Waals surface area contributed by atoms with Gasteiger partial charge in [0.15, 0.2) is 5.82 Å². The number of aryl methyl sites for hydroxylation is 1. The van der Waals surface area contributed by atoms with Crippen LogP contribution in [0.4, 0.5) is 10.1 Å². The number of piperidine rings is 1. The number of para-hydroxylation sites is 1. The van der Waals surface area contributed by atoms with Gasteiger partial charge in [0.05, 0.1) is 35.4 Å². The van der Waals surface area contributed by atoms with E-state index in [0.717, 1.165) is 22.0 Å². The zero-order valence-corrected chi connectivity index (χ0v) is 21.3. The predicted molar refractivity (Wildman–Crippen MR) is 140 cm³/mol. The van der Waals surface area contributed by atoms with Crippen LogP contribution < -0.4 is 10.1 Å². The summed E-state index contributed by atoms with van der Waals surface area (Å²) >= 11 is 0. The lowest BCUT2D eigenvalue weighted by atomic mass is 10.0. The Balaban J connectivity index is 1.47. The van der Waals surface area contributed by atoms with Crippen molar-refractivity contribution in [3.8, 4) is 5.88 Å². The summed E-state index contributed by atoms with van der Waals surface area (Å²) in [5, 5.41) is 5.91. The van der Waals surface area contributed by atoms with Gasteiger partial charge in [0.2, 0.25) is 15.9 Å². The molecule has 2 aromatic carbocycles. The third kappa shape index (κ3) is 4.85. The molecule has 0 radical (unpaired) electrons. The second-order valence-corrected chi connectivity index (χ2v) is 11.4. The first-order chi connectivity index (χ1) is 17.2. The molecular formula is C27H29FN4O3S. The van der Waals surface area contributed by atoms with Gasteiger partial charge in [-0.3, -0.25) is 4.98 Å². The van der Waals surface area contributed by atoms with E-state index < -0.39 is 15.8 Å². The van der Waals surface area contributed by atoms with Crippen LogP contribution in [0.15, 0.2) is 54.7 Å². The van der Waals surface area contributed by atoms with Crippen molar-refractivity contribution in [2.75, 3.05) is 24.7 Å². The first-order valence-electron chi connectivity index (χ1n) is 12.0. The summed E-state index contributed by atoms with van der Waals surface area (Å²) in [5.41, 5.74) is 2.86. The molecule has 1 aliphatic rings. The number of anilines is 1. The van der Waals surface area contributed by atoms with Crippen molar-refractivity contribution >= 4 is 37.4 Å². The van der Waals surface area contributed by atoms with Gasteiger partial charge in [-0.15, -0.1) is 0 Å². The van der Waals surface area contributed by atoms with E-state index in [0.29, 0.717) is 48.4 Å². The molecule has 5 rings (SSSR count). The Morgan fingerprint density at radius 3 is 2.64 bits per heavy atom. The number of nitrogens with one attached hydrogen (secondary N) is 1. The molecule has 3 heterocycles. The normalized spacial score (nSPS) is 16.3. The van der Waals surface area contributed by atoms with Crippen molar-refractivity contribution in [2.24, 2.45) is 0 Å². The average Bonchev–Trinajstić information content (AvgIpc) is 2.85. The molecule has 4 aromatic rings. The van der Waals surface area contributed by atoms with Gasteiger partial charge in [-0.25, -0.2) is 22.1 Å². The van der Waals surface area contributed by atoms with Crippen LogP contribution >= 0.6 is 0 Å². The predicted octanol–water partition coefficient (Wildman–Crippen LogP) is 5.21. The molecular weight excluding hydrogens is 479 g/mol. The van der Waals surface area contributed by atoms with E-state index >= 15 is 0 Å². The maximum Gasteiger partial charge on any atom is 0.222 e. The topological polar surface area (TPSA) is 84.4 Å². The second-order valence-electron chi connectivity index (χ2n) is 9.37. The highest BCUT2D eigenvalue weighted by molar-refractivity contribution is 7.88. The van der Waals surface area contributed by atoms with Crippen LogP contribution in [0.25, 0.3) is 21.7 Å². The van der Waals surface area contributed by atoms with Crippen molar-refractivity contribution in [1.29, 1.82) is 0 Å². The summed E-state index contributed by atoms with van der Waals surface area (Å²) in [6.45, 7) is 4.80. The fraction of sp³-hybridized carbons (Fsp3) is 0.333. The minimum Gasteiger partial charge on any atom is -0.474 e. The largest absolute Gasteiger partial charge is 0.474 e. The molecule has 0 unspecified atom stereocenters. The number of hydrogen-bond acceptors (Lipinski definition) is 6. The van der Waals surface area contributed by atoms with Crippen LogP contribution in [0.1, 0.15) is 37.1 Å². The quantitative estimate of drug-likeness (QED) is 0.385. The molecule has 0 spiro atoms. The Labute approximate surface area is 210 Å². The number of aromatic nitrogens is 2. The first kappa shape index (κ1) is 24.4. The zero-order valence-electron chi connectivity index (χ0n) is 20.5. The Hall–Kier alpha value is -3.30. The zero-order chi connectivity index (χ0) is 25.4. The summed E-state index contributed by atoms with van der Waals surface area (Å²) in [6, 6.07) is 15.1. The molecule has 0 bridgehead atoms. The smallest absolute Gasteiger partial charge is 0.222 e. The molecule has 0 aliphatic carbocycles. The number of halogens is 1. The van der Waals surface area contributed by atoms with Crippen molar-refractivity contribution in [1.82, 2.24) is 14.3 Å². The highest BCUT2D eigenvalue weighted by Gasteiger charge is 2.27. The number of nitrogens with zero attached hydrogens (tertiary/aromatic N) is 3. The van der Waals surface area contributed by atoms with E-state index in [4.69, 9.17) is 9.72 Å². The van der Waals surface area contributed by atoms with Crippen molar-refractivity contribution in [3.63, 3.8) is 0 Å². The Morgan fingerprint density at radius 1 is 1.14 bits per heavy atom. The van der Waals surface area contributed by atoms with Crippen LogP contribution in [0.3, 0.4) is 0 Å². The lowest BCUT2D eigenvalue weighted by Crippen LogP contribution is -2.41. The van der Waals surface area contributed by atoms with Gasteiger partial charge in [0.25, 0.3) is 0 Å². The second kappa shape index (κ2) is 9.63. The highest BCUT2D eigenvalue weighted by Crippen LogP contribution is 2.34. The number of ether oxygens (including phenoxy) is 1. The van der Waals surface area contributed by atoms with Crippen molar-refractivity contribution < 1.29 is 17.5 Å². The van der Waals surface area contributed by atoms with Crippen LogP contribution in [0.2, 0.25) is 0 Å². The standard InChI is InChI=1S/C27H29FN4O3S/c1-17-7-6-8-19-15-24(18(2)30-26-21-9-4-5-10-23(21)29-16-22(26)28)31-27(25(17)19)35-20-11-13-32(14-12-20)36(3,33)34/h4-10,15-16,18,20H,11-14H2,1-3H3,(H,29,30)/t18-/m0/s1. The van der Waals surface area contributed by atoms with Gasteiger partial charge >= 0.3 is 0 Å². The van der Waals surface area contributed by atoms with Gasteiger partial charge in [-0.2, -0.15) is 0 Å². The lowest BCUT2D eigenvalue weighted by Gasteiger charge is -2.30. The number of benzene rings is 2. The lowest BCUT2D eigenvalue weighted by molar-refractivity contribution is 0.131. The third-order valence-electron chi connectivity index (χ3n) is 6.73. The molecule has 0 amide bonds. The summed E-state index contributed by atoms with van der Waals surface area (Å²) in [7, 11) is -3.21. The summed E-state index contributed by atoms with van der Waals surface area (Å²) < 4.78 is 46.4. The van der Waals surface area contributed by atoms with E-state index in [2.05, 4.69) is 10.3 Å². The molecule has 7 nitrogen and oxygen atoms in total. The molecule has 9 heteroatoms. The fourth-order valence-electron chi connectivity index (χ4n) is 4.77.